The lowest BCUT2D eigenvalue weighted by Crippen LogP contribution is -2.00. The van der Waals surface area contributed by atoms with Crippen LogP contribution in [0.3, 0.4) is 0 Å². The van der Waals surface area contributed by atoms with Gasteiger partial charge in [-0.1, -0.05) is 0 Å². The molecule has 14 heavy (non-hydrogen) atoms. The number of nitrogen functional groups attached to an aromatic ring is 1. The van der Waals surface area contributed by atoms with Crippen LogP contribution in [0.4, 0.5) is 10.1 Å². The number of aliphatic imine (C=N–C) groups is 1. The molecule has 1 aromatic rings. The third kappa shape index (κ3) is 2.85. The van der Waals surface area contributed by atoms with Crippen LogP contribution in [0.1, 0.15) is 5.56 Å². The molecule has 3 N–H and O–H groups in total. The minimum Gasteiger partial charge on any atom is -0.480 e. The van der Waals surface area contributed by atoms with Gasteiger partial charge in [0.1, 0.15) is 12.4 Å². The number of anilines is 1. The largest absolute Gasteiger partial charge is 0.480 e. The van der Waals surface area contributed by atoms with Crippen molar-refractivity contribution < 1.29 is 14.3 Å². The number of rotatable bonds is 3. The molecule has 4 nitrogen and oxygen atoms in total. The Kier molecular flexibility index (Phi) is 3.17. The highest BCUT2D eigenvalue weighted by atomic mass is 19.1. The molecule has 0 aromatic heterocycles. The molecule has 0 heterocycles. The number of hydrogen-bond acceptors (Lipinski definition) is 3. The van der Waals surface area contributed by atoms with Crippen molar-refractivity contribution in [2.75, 3.05) is 12.3 Å². The zero-order valence-electron chi connectivity index (χ0n) is 7.27. The number of carboxylic acid groups (broad SMARTS) is 1. The summed E-state index contributed by atoms with van der Waals surface area (Å²) in [6.45, 7) is -0.351. The summed E-state index contributed by atoms with van der Waals surface area (Å²) in [6, 6.07) is 3.82. The maximum atomic E-state index is 12.7. The molecule has 74 valence electrons. The summed E-state index contributed by atoms with van der Waals surface area (Å²) in [4.78, 5) is 13.7. The Morgan fingerprint density at radius 2 is 2.36 bits per heavy atom. The molecule has 0 saturated heterocycles. The molecule has 0 saturated carbocycles. The summed E-state index contributed by atoms with van der Waals surface area (Å²) in [5.74, 6) is -1.48. The number of aliphatic carboxylic acids is 1. The highest BCUT2D eigenvalue weighted by Gasteiger charge is 1.98. The fourth-order valence-corrected chi connectivity index (χ4v) is 0.880. The molecular formula is C9H9FN2O2. The van der Waals surface area contributed by atoms with Crippen molar-refractivity contribution in [3.05, 3.63) is 29.6 Å². The van der Waals surface area contributed by atoms with E-state index in [2.05, 4.69) is 4.99 Å². The predicted octanol–water partition coefficient (Wildman–Crippen LogP) is 0.911. The molecule has 1 aromatic carbocycles. The second-order valence-corrected chi connectivity index (χ2v) is 2.64. The average Bonchev–Trinajstić information content (AvgIpc) is 2.10. The summed E-state index contributed by atoms with van der Waals surface area (Å²) >= 11 is 0. The van der Waals surface area contributed by atoms with E-state index < -0.39 is 11.8 Å². The Morgan fingerprint density at radius 1 is 1.64 bits per heavy atom. The SMILES string of the molecule is Nc1ccc(F)cc1C=NCC(=O)O. The molecule has 0 aliphatic carbocycles. The van der Waals surface area contributed by atoms with Crippen molar-refractivity contribution in [1.29, 1.82) is 0 Å². The molecule has 0 spiro atoms. The van der Waals surface area contributed by atoms with Gasteiger partial charge in [0.2, 0.25) is 0 Å². The van der Waals surface area contributed by atoms with Crippen molar-refractivity contribution >= 4 is 17.9 Å². The topological polar surface area (TPSA) is 75.7 Å². The Labute approximate surface area is 79.9 Å². The number of carbonyl (C=O) groups is 1. The average molecular weight is 196 g/mol. The first kappa shape index (κ1) is 10.2. The molecule has 5 heteroatoms. The van der Waals surface area contributed by atoms with E-state index in [-0.39, 0.29) is 6.54 Å². The van der Waals surface area contributed by atoms with Crippen molar-refractivity contribution in [1.82, 2.24) is 0 Å². The van der Waals surface area contributed by atoms with Crippen molar-refractivity contribution in [2.24, 2.45) is 4.99 Å². The Morgan fingerprint density at radius 3 is 3.00 bits per heavy atom. The van der Waals surface area contributed by atoms with E-state index in [0.717, 1.165) is 0 Å². The first-order valence-electron chi connectivity index (χ1n) is 3.86. The van der Waals surface area contributed by atoms with Crippen molar-refractivity contribution in [3.8, 4) is 0 Å². The van der Waals surface area contributed by atoms with Crippen LogP contribution in [0.2, 0.25) is 0 Å². The standard InChI is InChI=1S/C9H9FN2O2/c10-7-1-2-8(11)6(3-7)4-12-5-9(13)14/h1-4H,5,11H2,(H,13,14). The van der Waals surface area contributed by atoms with Crippen LogP contribution in [0.25, 0.3) is 0 Å². The molecule has 0 fully saturated rings. The molecular weight excluding hydrogens is 187 g/mol. The lowest BCUT2D eigenvalue weighted by molar-refractivity contribution is -0.135. The number of hydrogen-bond donors (Lipinski definition) is 2. The Hall–Kier alpha value is -1.91. The quantitative estimate of drug-likeness (QED) is 0.557. The van der Waals surface area contributed by atoms with Crippen LogP contribution >= 0.6 is 0 Å². The van der Waals surface area contributed by atoms with E-state index in [9.17, 15) is 9.18 Å². The summed E-state index contributed by atoms with van der Waals surface area (Å²) in [6.07, 6.45) is 1.24. The van der Waals surface area contributed by atoms with E-state index >= 15 is 0 Å². The summed E-state index contributed by atoms with van der Waals surface area (Å²) in [5.41, 5.74) is 6.24. The van der Waals surface area contributed by atoms with Crippen molar-refractivity contribution in [3.63, 3.8) is 0 Å². The Balaban J connectivity index is 2.80. The lowest BCUT2D eigenvalue weighted by Gasteiger charge is -1.98. The molecule has 0 unspecified atom stereocenters. The van der Waals surface area contributed by atoms with Gasteiger partial charge < -0.3 is 10.8 Å². The van der Waals surface area contributed by atoms with Gasteiger partial charge in [-0.2, -0.15) is 0 Å². The minimum atomic E-state index is -1.05. The van der Waals surface area contributed by atoms with Crippen molar-refractivity contribution in [2.45, 2.75) is 0 Å². The summed E-state index contributed by atoms with van der Waals surface area (Å²) < 4.78 is 12.7. The van der Waals surface area contributed by atoms with E-state index in [1.54, 1.807) is 0 Å². The van der Waals surface area contributed by atoms with E-state index in [1.165, 1.54) is 24.4 Å². The first-order valence-corrected chi connectivity index (χ1v) is 3.86. The van der Waals surface area contributed by atoms with Crippen LogP contribution in [0.15, 0.2) is 23.2 Å². The van der Waals surface area contributed by atoms with Gasteiger partial charge in [0.05, 0.1) is 0 Å². The van der Waals surface area contributed by atoms with Crippen LogP contribution in [0, 0.1) is 5.82 Å². The second-order valence-electron chi connectivity index (χ2n) is 2.64. The monoisotopic (exact) mass is 196 g/mol. The van der Waals surface area contributed by atoms with Crippen LogP contribution < -0.4 is 5.73 Å². The minimum absolute atomic E-state index is 0.351. The van der Waals surface area contributed by atoms with Gasteiger partial charge in [-0.3, -0.25) is 9.79 Å². The van der Waals surface area contributed by atoms with Crippen LogP contribution in [0.5, 0.6) is 0 Å². The number of benzene rings is 1. The van der Waals surface area contributed by atoms with Gasteiger partial charge in [-0.15, -0.1) is 0 Å². The van der Waals surface area contributed by atoms with Gasteiger partial charge in [0.15, 0.2) is 0 Å². The third-order valence-corrected chi connectivity index (χ3v) is 1.51. The molecule has 0 amide bonds. The number of carboxylic acids is 1. The molecule has 0 atom stereocenters. The Bertz CT molecular complexity index is 377. The first-order chi connectivity index (χ1) is 6.59. The van der Waals surface area contributed by atoms with Gasteiger partial charge >= 0.3 is 5.97 Å². The van der Waals surface area contributed by atoms with Gasteiger partial charge in [0.25, 0.3) is 0 Å². The highest BCUT2D eigenvalue weighted by molar-refractivity contribution is 5.87. The second kappa shape index (κ2) is 4.36. The molecule has 0 radical (unpaired) electrons. The predicted molar refractivity (Wildman–Crippen MR) is 50.9 cm³/mol. The third-order valence-electron chi connectivity index (χ3n) is 1.51. The maximum Gasteiger partial charge on any atom is 0.325 e. The summed E-state index contributed by atoms with van der Waals surface area (Å²) in [7, 11) is 0. The molecule has 0 bridgehead atoms. The highest BCUT2D eigenvalue weighted by Crippen LogP contribution is 2.10. The normalized spacial score (nSPS) is 10.6. The van der Waals surface area contributed by atoms with E-state index in [1.807, 2.05) is 0 Å². The van der Waals surface area contributed by atoms with E-state index in [4.69, 9.17) is 10.8 Å². The van der Waals surface area contributed by atoms with Crippen LogP contribution in [-0.2, 0) is 4.79 Å². The van der Waals surface area contributed by atoms with Gasteiger partial charge in [0, 0.05) is 17.5 Å². The zero-order valence-corrected chi connectivity index (χ0v) is 7.27. The molecule has 1 rings (SSSR count). The van der Waals surface area contributed by atoms with Gasteiger partial charge in [-0.25, -0.2) is 4.39 Å². The number of nitrogens with zero attached hydrogens (tertiary/aromatic N) is 1. The lowest BCUT2D eigenvalue weighted by atomic mass is 10.2. The molecule has 0 aliphatic rings. The zero-order chi connectivity index (χ0) is 10.6. The number of nitrogens with two attached hydrogens (primary N) is 1. The fourth-order valence-electron chi connectivity index (χ4n) is 0.880. The number of halogens is 1. The summed E-state index contributed by atoms with van der Waals surface area (Å²) in [5, 5.41) is 8.30. The van der Waals surface area contributed by atoms with E-state index in [0.29, 0.717) is 11.3 Å². The van der Waals surface area contributed by atoms with Gasteiger partial charge in [-0.05, 0) is 18.2 Å². The van der Waals surface area contributed by atoms with Crippen LogP contribution in [-0.4, -0.2) is 23.8 Å². The smallest absolute Gasteiger partial charge is 0.325 e. The molecule has 0 aliphatic heterocycles. The fraction of sp³-hybridized carbons (Fsp3) is 0.111. The maximum absolute atomic E-state index is 12.7.